The first-order chi connectivity index (χ1) is 13.1. The largest absolute Gasteiger partial charge is 0.378 e. The van der Waals surface area contributed by atoms with Crippen LogP contribution in [0.5, 0.6) is 0 Å². The highest BCUT2D eigenvalue weighted by Gasteiger charge is 2.22. The van der Waals surface area contributed by atoms with E-state index >= 15 is 0 Å². The minimum atomic E-state index is -3.69. The van der Waals surface area contributed by atoms with Crippen LogP contribution in [0.1, 0.15) is 11.1 Å². The van der Waals surface area contributed by atoms with Crippen molar-refractivity contribution in [2.45, 2.75) is 6.92 Å². The minimum Gasteiger partial charge on any atom is -0.378 e. The molecule has 0 radical (unpaired) electrons. The molecule has 0 heterocycles. The van der Waals surface area contributed by atoms with E-state index < -0.39 is 22.5 Å². The highest BCUT2D eigenvalue weighted by atomic mass is 35.5. The number of hydrazone groups is 1. The van der Waals surface area contributed by atoms with E-state index in [0.29, 0.717) is 16.3 Å². The minimum absolute atomic E-state index is 0.355. The number of hydrogen-bond acceptors (Lipinski definition) is 5. The first kappa shape index (κ1) is 21.7. The molecule has 0 unspecified atom stereocenters. The van der Waals surface area contributed by atoms with Gasteiger partial charge < -0.3 is 4.90 Å². The van der Waals surface area contributed by atoms with E-state index in [-0.39, 0.29) is 0 Å². The quantitative estimate of drug-likeness (QED) is 0.549. The summed E-state index contributed by atoms with van der Waals surface area (Å²) in [4.78, 5) is 14.2. The lowest BCUT2D eigenvalue weighted by molar-refractivity contribution is -0.119. The standard InChI is InChI=1S/C19H23ClN4O3S/c1-14-5-8-16(20)11-18(14)24(28(4,26)27)13-19(25)22-21-12-15-6-9-17(10-7-15)23(2)3/h5-12H,13H2,1-4H3,(H,22,25)/b21-12-. The van der Waals surface area contributed by atoms with Crippen LogP contribution in [0, 0.1) is 6.92 Å². The summed E-state index contributed by atoms with van der Waals surface area (Å²) in [5, 5.41) is 4.28. The van der Waals surface area contributed by atoms with Crippen molar-refractivity contribution in [2.75, 3.05) is 36.1 Å². The Morgan fingerprint density at radius 3 is 2.39 bits per heavy atom. The summed E-state index contributed by atoms with van der Waals surface area (Å²) >= 11 is 5.98. The van der Waals surface area contributed by atoms with Crippen molar-refractivity contribution in [2.24, 2.45) is 5.10 Å². The SMILES string of the molecule is Cc1ccc(Cl)cc1N(CC(=O)N/N=C\c1ccc(N(C)C)cc1)S(C)(=O)=O. The van der Waals surface area contributed by atoms with Gasteiger partial charge in [0.1, 0.15) is 6.54 Å². The predicted octanol–water partition coefficient (Wildman–Crippen LogP) is 2.63. The van der Waals surface area contributed by atoms with E-state index in [0.717, 1.165) is 21.8 Å². The summed E-state index contributed by atoms with van der Waals surface area (Å²) < 4.78 is 25.4. The van der Waals surface area contributed by atoms with Crippen LogP contribution in [0.2, 0.25) is 5.02 Å². The van der Waals surface area contributed by atoms with Gasteiger partial charge in [0.2, 0.25) is 10.0 Å². The van der Waals surface area contributed by atoms with Gasteiger partial charge in [-0.2, -0.15) is 5.10 Å². The third-order valence-electron chi connectivity index (χ3n) is 3.94. The Kier molecular flexibility index (Phi) is 7.04. The second-order valence-electron chi connectivity index (χ2n) is 6.48. The molecule has 0 aliphatic heterocycles. The molecule has 0 aliphatic rings. The van der Waals surface area contributed by atoms with Crippen molar-refractivity contribution in [1.29, 1.82) is 0 Å². The number of sulfonamides is 1. The lowest BCUT2D eigenvalue weighted by Crippen LogP contribution is -2.39. The molecule has 0 saturated carbocycles. The smallest absolute Gasteiger partial charge is 0.260 e. The zero-order valence-corrected chi connectivity index (χ0v) is 17.8. The number of amides is 1. The van der Waals surface area contributed by atoms with Gasteiger partial charge in [0.15, 0.2) is 0 Å². The first-order valence-corrected chi connectivity index (χ1v) is 10.6. The molecule has 2 aromatic rings. The summed E-state index contributed by atoms with van der Waals surface area (Å²) in [7, 11) is 0.201. The molecule has 0 atom stereocenters. The molecule has 0 spiro atoms. The molecule has 7 nitrogen and oxygen atoms in total. The topological polar surface area (TPSA) is 82.1 Å². The molecule has 0 saturated heterocycles. The van der Waals surface area contributed by atoms with E-state index in [4.69, 9.17) is 11.6 Å². The Morgan fingerprint density at radius 2 is 1.82 bits per heavy atom. The van der Waals surface area contributed by atoms with Gasteiger partial charge in [-0.1, -0.05) is 29.8 Å². The fraction of sp³-hybridized carbons (Fsp3) is 0.263. The van der Waals surface area contributed by atoms with Crippen molar-refractivity contribution in [3.8, 4) is 0 Å². The molecule has 2 rings (SSSR count). The van der Waals surface area contributed by atoms with Crippen molar-refractivity contribution < 1.29 is 13.2 Å². The van der Waals surface area contributed by atoms with Gasteiger partial charge in [0.25, 0.3) is 5.91 Å². The fourth-order valence-corrected chi connectivity index (χ4v) is 3.51. The molecule has 150 valence electrons. The summed E-state index contributed by atoms with van der Waals surface area (Å²) in [6, 6.07) is 12.5. The second-order valence-corrected chi connectivity index (χ2v) is 8.82. The number of anilines is 2. The molecule has 2 aromatic carbocycles. The zero-order valence-electron chi connectivity index (χ0n) is 16.2. The van der Waals surface area contributed by atoms with E-state index in [2.05, 4.69) is 10.5 Å². The lowest BCUT2D eigenvalue weighted by Gasteiger charge is -2.23. The third kappa shape index (κ3) is 5.97. The Morgan fingerprint density at radius 1 is 1.18 bits per heavy atom. The van der Waals surface area contributed by atoms with Gasteiger partial charge in [0.05, 0.1) is 18.2 Å². The zero-order chi connectivity index (χ0) is 20.9. The van der Waals surface area contributed by atoms with Gasteiger partial charge in [-0.25, -0.2) is 13.8 Å². The van der Waals surface area contributed by atoms with Crippen LogP contribution in [0.25, 0.3) is 0 Å². The van der Waals surface area contributed by atoms with Gasteiger partial charge in [-0.15, -0.1) is 0 Å². The van der Waals surface area contributed by atoms with Crippen LogP contribution < -0.4 is 14.6 Å². The number of hydrogen-bond donors (Lipinski definition) is 1. The highest BCUT2D eigenvalue weighted by molar-refractivity contribution is 7.92. The fourth-order valence-electron chi connectivity index (χ4n) is 2.44. The molecule has 9 heteroatoms. The van der Waals surface area contributed by atoms with Crippen molar-refractivity contribution in [3.05, 3.63) is 58.6 Å². The van der Waals surface area contributed by atoms with Gasteiger partial charge in [0, 0.05) is 24.8 Å². The van der Waals surface area contributed by atoms with E-state index in [1.54, 1.807) is 19.1 Å². The van der Waals surface area contributed by atoms with E-state index in [1.165, 1.54) is 12.3 Å². The molecule has 1 amide bonds. The predicted molar refractivity (Wildman–Crippen MR) is 115 cm³/mol. The molecule has 1 N–H and O–H groups in total. The van der Waals surface area contributed by atoms with Gasteiger partial charge in [-0.05, 0) is 42.3 Å². The number of halogens is 1. The Balaban J connectivity index is 2.09. The summed E-state index contributed by atoms with van der Waals surface area (Å²) in [6.45, 7) is 1.34. The van der Waals surface area contributed by atoms with Crippen LogP contribution in [-0.2, 0) is 14.8 Å². The number of nitrogens with one attached hydrogen (secondary N) is 1. The van der Waals surface area contributed by atoms with Crippen LogP contribution in [0.4, 0.5) is 11.4 Å². The maximum absolute atomic E-state index is 12.2. The highest BCUT2D eigenvalue weighted by Crippen LogP contribution is 2.26. The Labute approximate surface area is 170 Å². The molecule has 0 aliphatic carbocycles. The Hall–Kier alpha value is -2.58. The second kappa shape index (κ2) is 9.07. The first-order valence-electron chi connectivity index (χ1n) is 8.41. The van der Waals surface area contributed by atoms with Crippen LogP contribution >= 0.6 is 11.6 Å². The Bertz CT molecular complexity index is 973. The number of benzene rings is 2. The molecule has 0 aromatic heterocycles. The maximum Gasteiger partial charge on any atom is 0.260 e. The number of aryl methyl sites for hydroxylation is 1. The van der Waals surface area contributed by atoms with E-state index in [1.807, 2.05) is 43.3 Å². The number of carbonyl (C=O) groups excluding carboxylic acids is 1. The number of nitrogens with zero attached hydrogens (tertiary/aromatic N) is 3. The average molecular weight is 423 g/mol. The van der Waals surface area contributed by atoms with Crippen molar-refractivity contribution in [1.82, 2.24) is 5.43 Å². The summed E-state index contributed by atoms with van der Waals surface area (Å²) in [6.07, 6.45) is 2.53. The molecular weight excluding hydrogens is 400 g/mol. The summed E-state index contributed by atoms with van der Waals surface area (Å²) in [5.74, 6) is -0.564. The van der Waals surface area contributed by atoms with Crippen molar-refractivity contribution in [3.63, 3.8) is 0 Å². The van der Waals surface area contributed by atoms with Gasteiger partial charge in [-0.3, -0.25) is 9.10 Å². The van der Waals surface area contributed by atoms with Crippen LogP contribution in [-0.4, -0.2) is 47.4 Å². The normalized spacial score (nSPS) is 11.5. The third-order valence-corrected chi connectivity index (χ3v) is 5.30. The van der Waals surface area contributed by atoms with E-state index in [9.17, 15) is 13.2 Å². The molecule has 0 fully saturated rings. The number of rotatable bonds is 7. The molecule has 0 bridgehead atoms. The monoisotopic (exact) mass is 422 g/mol. The lowest BCUT2D eigenvalue weighted by atomic mass is 10.2. The summed E-state index contributed by atoms with van der Waals surface area (Å²) in [5.41, 5.74) is 5.24. The number of carbonyl (C=O) groups is 1. The van der Waals surface area contributed by atoms with Gasteiger partial charge >= 0.3 is 0 Å². The van der Waals surface area contributed by atoms with Crippen molar-refractivity contribution >= 4 is 45.1 Å². The van der Waals surface area contributed by atoms with Crippen LogP contribution in [0.3, 0.4) is 0 Å². The molecule has 28 heavy (non-hydrogen) atoms. The van der Waals surface area contributed by atoms with Crippen LogP contribution in [0.15, 0.2) is 47.6 Å². The molecular formula is C19H23ClN4O3S. The maximum atomic E-state index is 12.2. The average Bonchev–Trinajstić information content (AvgIpc) is 2.61.